The number of nitriles is 1. The van der Waals surface area contributed by atoms with E-state index in [4.69, 9.17) is 5.26 Å². The van der Waals surface area contributed by atoms with Crippen molar-refractivity contribution in [1.82, 2.24) is 4.98 Å². The highest BCUT2D eigenvalue weighted by atomic mass is 16.1. The first-order chi connectivity index (χ1) is 8.41. The molecule has 0 aliphatic rings. The minimum absolute atomic E-state index is 0.0692. The Labute approximate surface area is 106 Å². The van der Waals surface area contributed by atoms with Gasteiger partial charge in [0.2, 0.25) is 0 Å². The van der Waals surface area contributed by atoms with E-state index < -0.39 is 0 Å². The molecule has 1 heterocycles. The van der Waals surface area contributed by atoms with Gasteiger partial charge in [-0.25, -0.2) is 0 Å². The lowest BCUT2D eigenvalue weighted by Gasteiger charge is -2.19. The highest BCUT2D eigenvalue weighted by Gasteiger charge is 2.14. The predicted octanol–water partition coefficient (Wildman–Crippen LogP) is 2.89. The Kier molecular flexibility index (Phi) is 2.96. The standard InChI is InChI=1S/C15H16N2O/c1-15(2,3)12-4-5-13-11(9-12)8-10(6-7-16)14(18)17-13/h4-5,8-9H,6H2,1-3H3,(H,17,18). The van der Waals surface area contributed by atoms with E-state index in [0.29, 0.717) is 5.56 Å². The molecule has 1 N–H and O–H groups in total. The smallest absolute Gasteiger partial charge is 0.252 e. The molecule has 18 heavy (non-hydrogen) atoms. The number of aromatic nitrogens is 1. The largest absolute Gasteiger partial charge is 0.322 e. The summed E-state index contributed by atoms with van der Waals surface area (Å²) in [6.45, 7) is 6.45. The van der Waals surface area contributed by atoms with Crippen LogP contribution in [-0.4, -0.2) is 4.98 Å². The number of hydrogen-bond acceptors (Lipinski definition) is 2. The van der Waals surface area contributed by atoms with Crippen molar-refractivity contribution in [3.63, 3.8) is 0 Å². The average molecular weight is 240 g/mol. The monoisotopic (exact) mass is 240 g/mol. The van der Waals surface area contributed by atoms with Crippen molar-refractivity contribution in [2.75, 3.05) is 0 Å². The second-order valence-electron chi connectivity index (χ2n) is 5.51. The molecular formula is C15H16N2O. The van der Waals surface area contributed by atoms with E-state index in [-0.39, 0.29) is 17.4 Å². The molecule has 1 aromatic heterocycles. The topological polar surface area (TPSA) is 56.6 Å². The van der Waals surface area contributed by atoms with Crippen LogP contribution >= 0.6 is 0 Å². The third kappa shape index (κ3) is 2.28. The molecule has 0 aliphatic heterocycles. The van der Waals surface area contributed by atoms with Crippen LogP contribution < -0.4 is 5.56 Å². The van der Waals surface area contributed by atoms with Crippen molar-refractivity contribution >= 4 is 10.9 Å². The van der Waals surface area contributed by atoms with Gasteiger partial charge in [0.25, 0.3) is 5.56 Å². The molecule has 1 aromatic carbocycles. The maximum Gasteiger partial charge on any atom is 0.252 e. The summed E-state index contributed by atoms with van der Waals surface area (Å²) < 4.78 is 0. The zero-order valence-corrected chi connectivity index (χ0v) is 10.9. The highest BCUT2D eigenvalue weighted by Crippen LogP contribution is 2.25. The minimum atomic E-state index is -0.174. The number of H-pyrrole nitrogens is 1. The number of pyridine rings is 1. The third-order valence-corrected chi connectivity index (χ3v) is 3.06. The van der Waals surface area contributed by atoms with Gasteiger partial charge in [0, 0.05) is 11.1 Å². The van der Waals surface area contributed by atoms with E-state index in [1.807, 2.05) is 24.3 Å². The fourth-order valence-electron chi connectivity index (χ4n) is 1.93. The molecular weight excluding hydrogens is 224 g/mol. The maximum absolute atomic E-state index is 11.7. The number of benzene rings is 1. The van der Waals surface area contributed by atoms with E-state index in [9.17, 15) is 4.79 Å². The zero-order valence-electron chi connectivity index (χ0n) is 10.9. The first-order valence-electron chi connectivity index (χ1n) is 5.95. The molecule has 2 aromatic rings. The second kappa shape index (κ2) is 4.30. The number of rotatable bonds is 1. The first kappa shape index (κ1) is 12.4. The fraction of sp³-hybridized carbons (Fsp3) is 0.333. The average Bonchev–Trinajstić information content (AvgIpc) is 2.28. The summed E-state index contributed by atoms with van der Waals surface area (Å²) in [5.41, 5.74) is 2.45. The van der Waals surface area contributed by atoms with E-state index in [1.165, 1.54) is 5.56 Å². The van der Waals surface area contributed by atoms with Crippen molar-refractivity contribution in [1.29, 1.82) is 5.26 Å². The molecule has 0 radical (unpaired) electrons. The molecule has 0 saturated heterocycles. The van der Waals surface area contributed by atoms with E-state index in [0.717, 1.165) is 10.9 Å². The van der Waals surface area contributed by atoms with Crippen LogP contribution in [0.5, 0.6) is 0 Å². The number of fused-ring (bicyclic) bond motifs is 1. The van der Waals surface area contributed by atoms with E-state index >= 15 is 0 Å². The highest BCUT2D eigenvalue weighted by molar-refractivity contribution is 5.80. The van der Waals surface area contributed by atoms with E-state index in [1.54, 1.807) is 0 Å². The normalized spacial score (nSPS) is 11.4. The summed E-state index contributed by atoms with van der Waals surface area (Å²) in [5.74, 6) is 0. The Bertz CT molecular complexity index is 684. The molecule has 0 bridgehead atoms. The quantitative estimate of drug-likeness (QED) is 0.833. The van der Waals surface area contributed by atoms with Gasteiger partial charge in [-0.05, 0) is 34.6 Å². The Balaban J connectivity index is 2.66. The molecule has 0 saturated carbocycles. The second-order valence-corrected chi connectivity index (χ2v) is 5.51. The van der Waals surface area contributed by atoms with Crippen LogP contribution in [0.3, 0.4) is 0 Å². The maximum atomic E-state index is 11.7. The molecule has 0 unspecified atom stereocenters. The summed E-state index contributed by atoms with van der Waals surface area (Å²) in [4.78, 5) is 14.5. The molecule has 0 atom stereocenters. The summed E-state index contributed by atoms with van der Waals surface area (Å²) in [6, 6.07) is 9.86. The van der Waals surface area contributed by atoms with Crippen LogP contribution in [-0.2, 0) is 11.8 Å². The number of nitrogens with one attached hydrogen (secondary N) is 1. The Morgan fingerprint density at radius 2 is 2.00 bits per heavy atom. The zero-order chi connectivity index (χ0) is 13.3. The molecule has 3 nitrogen and oxygen atoms in total. The van der Waals surface area contributed by atoms with Gasteiger partial charge in [0.1, 0.15) is 0 Å². The number of nitrogens with zero attached hydrogens (tertiary/aromatic N) is 1. The van der Waals surface area contributed by atoms with Crippen molar-refractivity contribution in [2.45, 2.75) is 32.6 Å². The lowest BCUT2D eigenvalue weighted by Crippen LogP contribution is -2.13. The van der Waals surface area contributed by atoms with Gasteiger partial charge in [0.05, 0.1) is 12.5 Å². The summed E-state index contributed by atoms with van der Waals surface area (Å²) in [5, 5.41) is 9.68. The van der Waals surface area contributed by atoms with Crippen molar-refractivity contribution < 1.29 is 0 Å². The van der Waals surface area contributed by atoms with Gasteiger partial charge in [-0.2, -0.15) is 5.26 Å². The predicted molar refractivity (Wildman–Crippen MR) is 72.6 cm³/mol. The Hall–Kier alpha value is -2.08. The van der Waals surface area contributed by atoms with Crippen LogP contribution in [0, 0.1) is 11.3 Å². The van der Waals surface area contributed by atoms with Gasteiger partial charge < -0.3 is 4.98 Å². The molecule has 92 valence electrons. The van der Waals surface area contributed by atoms with Gasteiger partial charge in [0.15, 0.2) is 0 Å². The van der Waals surface area contributed by atoms with Crippen LogP contribution in [0.4, 0.5) is 0 Å². The molecule has 0 aliphatic carbocycles. The lowest BCUT2D eigenvalue weighted by atomic mass is 9.86. The van der Waals surface area contributed by atoms with Crippen LogP contribution in [0.15, 0.2) is 29.1 Å². The number of aromatic amines is 1. The van der Waals surface area contributed by atoms with Crippen molar-refractivity contribution in [2.24, 2.45) is 0 Å². The van der Waals surface area contributed by atoms with Crippen LogP contribution in [0.25, 0.3) is 10.9 Å². The summed E-state index contributed by atoms with van der Waals surface area (Å²) in [7, 11) is 0. The fourth-order valence-corrected chi connectivity index (χ4v) is 1.93. The lowest BCUT2D eigenvalue weighted by molar-refractivity contribution is 0.591. The van der Waals surface area contributed by atoms with E-state index in [2.05, 4.69) is 31.8 Å². The van der Waals surface area contributed by atoms with Crippen LogP contribution in [0.2, 0.25) is 0 Å². The molecule has 2 rings (SSSR count). The first-order valence-corrected chi connectivity index (χ1v) is 5.95. The van der Waals surface area contributed by atoms with Gasteiger partial charge >= 0.3 is 0 Å². The van der Waals surface area contributed by atoms with Crippen LogP contribution in [0.1, 0.15) is 31.9 Å². The van der Waals surface area contributed by atoms with Crippen molar-refractivity contribution in [3.8, 4) is 6.07 Å². The molecule has 0 fully saturated rings. The van der Waals surface area contributed by atoms with Crippen molar-refractivity contribution in [3.05, 3.63) is 45.7 Å². The van der Waals surface area contributed by atoms with Gasteiger partial charge in [-0.3, -0.25) is 4.79 Å². The molecule has 0 amide bonds. The molecule has 3 heteroatoms. The Morgan fingerprint density at radius 1 is 1.28 bits per heavy atom. The van der Waals surface area contributed by atoms with Gasteiger partial charge in [-0.1, -0.05) is 26.8 Å². The number of hydrogen-bond donors (Lipinski definition) is 1. The third-order valence-electron chi connectivity index (χ3n) is 3.06. The Morgan fingerprint density at radius 3 is 2.61 bits per heavy atom. The summed E-state index contributed by atoms with van der Waals surface area (Å²) in [6.07, 6.45) is 0.144. The van der Waals surface area contributed by atoms with Gasteiger partial charge in [-0.15, -0.1) is 0 Å². The summed E-state index contributed by atoms with van der Waals surface area (Å²) >= 11 is 0. The minimum Gasteiger partial charge on any atom is -0.322 e. The SMILES string of the molecule is CC(C)(C)c1ccc2[nH]c(=O)c(CC#N)cc2c1. The molecule has 0 spiro atoms.